The molecule has 0 bridgehead atoms. The maximum atomic E-state index is 11.4. The third-order valence-electron chi connectivity index (χ3n) is 3.88. The van der Waals surface area contributed by atoms with Crippen molar-refractivity contribution in [2.45, 2.75) is 11.4 Å². The molecular weight excluding hydrogens is 286 g/mol. The highest BCUT2D eigenvalue weighted by atomic mass is 32.2. The van der Waals surface area contributed by atoms with E-state index in [0.29, 0.717) is 4.90 Å². The Morgan fingerprint density at radius 3 is 2.29 bits per heavy atom. The molecule has 0 radical (unpaired) electrons. The molecule has 1 aromatic carbocycles. The highest BCUT2D eigenvalue weighted by molar-refractivity contribution is 7.90. The van der Waals surface area contributed by atoms with Crippen molar-refractivity contribution in [1.29, 1.82) is 0 Å². The molecule has 1 N–H and O–H groups in total. The third kappa shape index (κ3) is 5.39. The van der Waals surface area contributed by atoms with Crippen LogP contribution >= 0.6 is 0 Å². The smallest absolute Gasteiger partial charge is 0.175 e. The number of nitrogens with one attached hydrogen (secondary N) is 1. The Morgan fingerprint density at radius 2 is 1.71 bits per heavy atom. The second kappa shape index (κ2) is 7.35. The van der Waals surface area contributed by atoms with Crippen LogP contribution in [0.15, 0.2) is 29.2 Å². The number of hydrogen-bond donors (Lipinski definition) is 1. The number of nitrogens with zero attached hydrogens (tertiary/aromatic N) is 2. The van der Waals surface area contributed by atoms with Crippen LogP contribution in [0.3, 0.4) is 0 Å². The average Bonchev–Trinajstić information content (AvgIpc) is 2.45. The molecule has 0 aromatic heterocycles. The Bertz CT molecular complexity index is 535. The lowest BCUT2D eigenvalue weighted by atomic mass is 10.2. The molecule has 0 unspecified atom stereocenters. The molecule has 1 aliphatic heterocycles. The minimum Gasteiger partial charge on any atom is -0.311 e. The van der Waals surface area contributed by atoms with Crippen LogP contribution in [-0.4, -0.2) is 70.8 Å². The molecule has 0 aliphatic carbocycles. The molecule has 1 heterocycles. The van der Waals surface area contributed by atoms with Crippen molar-refractivity contribution in [3.63, 3.8) is 0 Å². The van der Waals surface area contributed by atoms with E-state index < -0.39 is 9.84 Å². The van der Waals surface area contributed by atoms with Crippen molar-refractivity contribution < 1.29 is 8.42 Å². The predicted octanol–water partition coefficient (Wildman–Crippen LogP) is 0.427. The molecule has 0 spiro atoms. The molecular formula is C15H25N3O2S. The molecule has 1 saturated heterocycles. The van der Waals surface area contributed by atoms with Crippen molar-refractivity contribution in [3.05, 3.63) is 29.8 Å². The fourth-order valence-electron chi connectivity index (χ4n) is 2.40. The Hall–Kier alpha value is -0.950. The summed E-state index contributed by atoms with van der Waals surface area (Å²) in [5.41, 5.74) is 1.11. The zero-order valence-corrected chi connectivity index (χ0v) is 13.7. The monoisotopic (exact) mass is 311 g/mol. The van der Waals surface area contributed by atoms with Gasteiger partial charge in [-0.25, -0.2) is 8.42 Å². The summed E-state index contributed by atoms with van der Waals surface area (Å²) in [6, 6.07) is 7.10. The largest absolute Gasteiger partial charge is 0.311 e. The minimum atomic E-state index is -3.09. The number of rotatable bonds is 6. The summed E-state index contributed by atoms with van der Waals surface area (Å²) in [6.07, 6.45) is 1.23. The van der Waals surface area contributed by atoms with Crippen molar-refractivity contribution >= 4 is 9.84 Å². The zero-order valence-electron chi connectivity index (χ0n) is 12.9. The molecule has 1 fully saturated rings. The molecule has 1 aromatic rings. The number of sulfone groups is 1. The Balaban J connectivity index is 1.69. The maximum absolute atomic E-state index is 11.4. The standard InChI is InChI=1S/C15H25N3O2S/c1-17-9-11-18(12-10-17)8-7-16-13-14-3-5-15(6-4-14)21(2,19)20/h3-6,16H,7-13H2,1-2H3. The van der Waals surface area contributed by atoms with Crippen LogP contribution in [0.1, 0.15) is 5.56 Å². The van der Waals surface area contributed by atoms with E-state index in [-0.39, 0.29) is 0 Å². The number of likely N-dealkylation sites (N-methyl/N-ethyl adjacent to an activating group) is 1. The fourth-order valence-corrected chi connectivity index (χ4v) is 3.03. The van der Waals surface area contributed by atoms with Crippen molar-refractivity contribution in [1.82, 2.24) is 15.1 Å². The summed E-state index contributed by atoms with van der Waals surface area (Å²) in [4.78, 5) is 5.20. The van der Waals surface area contributed by atoms with Gasteiger partial charge in [-0.3, -0.25) is 4.90 Å². The first-order valence-corrected chi connectivity index (χ1v) is 9.25. The van der Waals surface area contributed by atoms with Gasteiger partial charge in [0.2, 0.25) is 0 Å². The summed E-state index contributed by atoms with van der Waals surface area (Å²) in [7, 11) is -0.932. The van der Waals surface area contributed by atoms with E-state index in [0.717, 1.165) is 51.4 Å². The number of benzene rings is 1. The second-order valence-corrected chi connectivity index (χ2v) is 7.75. The summed E-state index contributed by atoms with van der Waals surface area (Å²) in [5, 5.41) is 3.41. The van der Waals surface area contributed by atoms with Gasteiger partial charge in [0.15, 0.2) is 9.84 Å². The van der Waals surface area contributed by atoms with Gasteiger partial charge < -0.3 is 10.2 Å². The van der Waals surface area contributed by atoms with Crippen LogP contribution in [0.2, 0.25) is 0 Å². The van der Waals surface area contributed by atoms with Gasteiger partial charge in [0.1, 0.15) is 0 Å². The van der Waals surface area contributed by atoms with E-state index in [1.165, 1.54) is 6.26 Å². The van der Waals surface area contributed by atoms with Crippen molar-refractivity contribution in [3.8, 4) is 0 Å². The van der Waals surface area contributed by atoms with Crippen molar-refractivity contribution in [2.75, 3.05) is 52.6 Å². The van der Waals surface area contributed by atoms with E-state index in [4.69, 9.17) is 0 Å². The van der Waals surface area contributed by atoms with Crippen LogP contribution in [-0.2, 0) is 16.4 Å². The van der Waals surface area contributed by atoms with Gasteiger partial charge in [0.05, 0.1) is 4.90 Å². The lowest BCUT2D eigenvalue weighted by molar-refractivity contribution is 0.154. The molecule has 1 aliphatic rings. The Morgan fingerprint density at radius 1 is 1.10 bits per heavy atom. The Kier molecular flexibility index (Phi) is 5.75. The fraction of sp³-hybridized carbons (Fsp3) is 0.600. The predicted molar refractivity (Wildman–Crippen MR) is 85.2 cm³/mol. The zero-order chi connectivity index (χ0) is 15.3. The number of hydrogen-bond acceptors (Lipinski definition) is 5. The topological polar surface area (TPSA) is 52.6 Å². The summed E-state index contributed by atoms with van der Waals surface area (Å²) < 4.78 is 22.8. The van der Waals surface area contributed by atoms with E-state index in [1.807, 2.05) is 12.1 Å². The molecule has 2 rings (SSSR count). The van der Waals surface area contributed by atoms with Gasteiger partial charge in [0, 0.05) is 52.1 Å². The first-order chi connectivity index (χ1) is 9.95. The minimum absolute atomic E-state index is 0.378. The lowest BCUT2D eigenvalue weighted by Gasteiger charge is -2.32. The second-order valence-electron chi connectivity index (χ2n) is 5.74. The lowest BCUT2D eigenvalue weighted by Crippen LogP contribution is -2.46. The van der Waals surface area contributed by atoms with E-state index in [1.54, 1.807) is 12.1 Å². The molecule has 0 amide bonds. The van der Waals surface area contributed by atoms with Gasteiger partial charge in [-0.05, 0) is 24.7 Å². The third-order valence-corrected chi connectivity index (χ3v) is 5.01. The van der Waals surface area contributed by atoms with Crippen LogP contribution in [0, 0.1) is 0 Å². The first-order valence-electron chi connectivity index (χ1n) is 7.36. The van der Waals surface area contributed by atoms with Crippen LogP contribution in [0.4, 0.5) is 0 Å². The quantitative estimate of drug-likeness (QED) is 0.772. The van der Waals surface area contributed by atoms with Gasteiger partial charge in [0.25, 0.3) is 0 Å². The summed E-state index contributed by atoms with van der Waals surface area (Å²) in [5.74, 6) is 0. The molecule has 0 saturated carbocycles. The van der Waals surface area contributed by atoms with Crippen molar-refractivity contribution in [2.24, 2.45) is 0 Å². The summed E-state index contributed by atoms with van der Waals surface area (Å²) in [6.45, 7) is 7.37. The van der Waals surface area contributed by atoms with Gasteiger partial charge in [-0.2, -0.15) is 0 Å². The number of piperazine rings is 1. The molecule has 6 heteroatoms. The molecule has 0 atom stereocenters. The van der Waals surface area contributed by atoms with Gasteiger partial charge >= 0.3 is 0 Å². The maximum Gasteiger partial charge on any atom is 0.175 e. The highest BCUT2D eigenvalue weighted by Gasteiger charge is 2.12. The summed E-state index contributed by atoms with van der Waals surface area (Å²) >= 11 is 0. The van der Waals surface area contributed by atoms with E-state index in [2.05, 4.69) is 22.2 Å². The SMILES string of the molecule is CN1CCN(CCNCc2ccc(S(C)(=O)=O)cc2)CC1. The van der Waals surface area contributed by atoms with E-state index in [9.17, 15) is 8.42 Å². The molecule has 5 nitrogen and oxygen atoms in total. The van der Waals surface area contributed by atoms with Crippen LogP contribution < -0.4 is 5.32 Å². The first kappa shape index (κ1) is 16.4. The molecule has 118 valence electrons. The normalized spacial score (nSPS) is 18.0. The van der Waals surface area contributed by atoms with Crippen LogP contribution in [0.5, 0.6) is 0 Å². The van der Waals surface area contributed by atoms with Gasteiger partial charge in [-0.15, -0.1) is 0 Å². The molecule has 21 heavy (non-hydrogen) atoms. The van der Waals surface area contributed by atoms with Gasteiger partial charge in [-0.1, -0.05) is 12.1 Å². The van der Waals surface area contributed by atoms with Crippen LogP contribution in [0.25, 0.3) is 0 Å². The highest BCUT2D eigenvalue weighted by Crippen LogP contribution is 2.10. The van der Waals surface area contributed by atoms with E-state index >= 15 is 0 Å². The average molecular weight is 311 g/mol. The Labute approximate surface area is 127 Å².